The number of carbonyl (C=O) groups excluding carboxylic acids is 1. The summed E-state index contributed by atoms with van der Waals surface area (Å²) in [5.74, 6) is 0.911. The van der Waals surface area contributed by atoms with E-state index in [2.05, 4.69) is 4.98 Å². The number of nitrogens with zero attached hydrogens (tertiary/aromatic N) is 3. The molecule has 2 rings (SSSR count). The van der Waals surface area contributed by atoms with E-state index < -0.39 is 0 Å². The molecule has 0 saturated heterocycles. The van der Waals surface area contributed by atoms with Gasteiger partial charge >= 0.3 is 0 Å². The molecule has 20 heavy (non-hydrogen) atoms. The number of hydrogen-bond donors (Lipinski definition) is 1. The minimum absolute atomic E-state index is 0.0963. The monoisotopic (exact) mass is 275 g/mol. The quantitative estimate of drug-likeness (QED) is 0.916. The molecule has 1 aromatic heterocycles. The molecule has 0 aliphatic heterocycles. The fraction of sp³-hybridized carbons (Fsp3) is 0.286. The fourth-order valence-electron chi connectivity index (χ4n) is 1.86. The van der Waals surface area contributed by atoms with E-state index >= 15 is 0 Å². The van der Waals surface area contributed by atoms with E-state index in [1.165, 1.54) is 18.1 Å². The standard InChI is InChI=1S/C14H17N3O3/c1-16-7-6-15-13(16)9-17(2)14(19)11-5-4-10(20-3)8-12(11)18/h4-8,18H,9H2,1-3H3. The van der Waals surface area contributed by atoms with Crippen LogP contribution in [0.5, 0.6) is 11.5 Å². The number of aryl methyl sites for hydroxylation is 1. The zero-order chi connectivity index (χ0) is 14.7. The molecule has 2 aromatic rings. The molecule has 0 fully saturated rings. The number of aromatic hydroxyl groups is 1. The minimum Gasteiger partial charge on any atom is -0.507 e. The van der Waals surface area contributed by atoms with E-state index in [4.69, 9.17) is 4.74 Å². The zero-order valence-electron chi connectivity index (χ0n) is 11.7. The maximum Gasteiger partial charge on any atom is 0.257 e. The highest BCUT2D eigenvalue weighted by Gasteiger charge is 2.17. The summed E-state index contributed by atoms with van der Waals surface area (Å²) in [5, 5.41) is 9.87. The van der Waals surface area contributed by atoms with Crippen LogP contribution >= 0.6 is 0 Å². The average molecular weight is 275 g/mol. The molecule has 0 bridgehead atoms. The smallest absolute Gasteiger partial charge is 0.257 e. The third-order valence-electron chi connectivity index (χ3n) is 3.08. The number of phenols is 1. The molecule has 0 atom stereocenters. The molecule has 0 radical (unpaired) electrons. The van der Waals surface area contributed by atoms with Gasteiger partial charge in [0.05, 0.1) is 19.2 Å². The van der Waals surface area contributed by atoms with Crippen molar-refractivity contribution in [3.63, 3.8) is 0 Å². The Morgan fingerprint density at radius 2 is 2.25 bits per heavy atom. The van der Waals surface area contributed by atoms with Crippen LogP contribution in [-0.4, -0.2) is 39.6 Å². The van der Waals surface area contributed by atoms with Crippen molar-refractivity contribution in [1.29, 1.82) is 0 Å². The predicted molar refractivity (Wildman–Crippen MR) is 73.7 cm³/mol. The molecule has 0 unspecified atom stereocenters. The lowest BCUT2D eigenvalue weighted by atomic mass is 10.1. The highest BCUT2D eigenvalue weighted by atomic mass is 16.5. The summed E-state index contributed by atoms with van der Waals surface area (Å²) in [7, 11) is 5.04. The summed E-state index contributed by atoms with van der Waals surface area (Å²) >= 11 is 0. The van der Waals surface area contributed by atoms with E-state index in [1.807, 2.05) is 17.8 Å². The minimum atomic E-state index is -0.270. The maximum atomic E-state index is 12.3. The van der Waals surface area contributed by atoms with Gasteiger partial charge in [0.15, 0.2) is 0 Å². The number of rotatable bonds is 4. The van der Waals surface area contributed by atoms with Crippen LogP contribution in [0.25, 0.3) is 0 Å². The van der Waals surface area contributed by atoms with Crippen molar-refractivity contribution in [2.75, 3.05) is 14.2 Å². The van der Waals surface area contributed by atoms with E-state index in [1.54, 1.807) is 25.4 Å². The Morgan fingerprint density at radius 3 is 2.80 bits per heavy atom. The number of imidazole rings is 1. The van der Waals surface area contributed by atoms with Crippen LogP contribution in [0.1, 0.15) is 16.2 Å². The van der Waals surface area contributed by atoms with Crippen molar-refractivity contribution in [3.8, 4) is 11.5 Å². The van der Waals surface area contributed by atoms with Crippen LogP contribution in [0.2, 0.25) is 0 Å². The van der Waals surface area contributed by atoms with Gasteiger partial charge < -0.3 is 19.3 Å². The summed E-state index contributed by atoms with van der Waals surface area (Å²) in [5.41, 5.74) is 0.238. The first kappa shape index (κ1) is 13.9. The van der Waals surface area contributed by atoms with Gasteiger partial charge in [0.1, 0.15) is 17.3 Å². The first-order valence-corrected chi connectivity index (χ1v) is 6.11. The number of methoxy groups -OCH3 is 1. The lowest BCUT2D eigenvalue weighted by molar-refractivity contribution is 0.0777. The van der Waals surface area contributed by atoms with Crippen LogP contribution in [0.4, 0.5) is 0 Å². The number of phenolic OH excluding ortho intramolecular Hbond substituents is 1. The summed E-state index contributed by atoms with van der Waals surface area (Å²) in [6, 6.07) is 4.61. The average Bonchev–Trinajstić information content (AvgIpc) is 2.83. The fourth-order valence-corrected chi connectivity index (χ4v) is 1.86. The normalized spacial score (nSPS) is 10.3. The van der Waals surface area contributed by atoms with Gasteiger partial charge in [0.2, 0.25) is 0 Å². The van der Waals surface area contributed by atoms with Crippen molar-refractivity contribution in [2.45, 2.75) is 6.54 Å². The van der Waals surface area contributed by atoms with E-state index in [-0.39, 0.29) is 17.2 Å². The third kappa shape index (κ3) is 2.74. The topological polar surface area (TPSA) is 67.6 Å². The molecule has 106 valence electrons. The van der Waals surface area contributed by atoms with Gasteiger partial charge in [-0.2, -0.15) is 0 Å². The largest absolute Gasteiger partial charge is 0.507 e. The number of hydrogen-bond acceptors (Lipinski definition) is 4. The predicted octanol–water partition coefficient (Wildman–Crippen LogP) is 1.41. The van der Waals surface area contributed by atoms with Crippen LogP contribution < -0.4 is 4.74 Å². The molecule has 6 nitrogen and oxygen atoms in total. The Hall–Kier alpha value is -2.50. The Bertz CT molecular complexity index is 622. The van der Waals surface area contributed by atoms with Crippen molar-refractivity contribution in [2.24, 2.45) is 7.05 Å². The van der Waals surface area contributed by atoms with Crippen molar-refractivity contribution < 1.29 is 14.6 Å². The lowest BCUT2D eigenvalue weighted by Gasteiger charge is -2.17. The first-order valence-electron chi connectivity index (χ1n) is 6.11. The Morgan fingerprint density at radius 1 is 1.50 bits per heavy atom. The van der Waals surface area contributed by atoms with Crippen LogP contribution in [0.15, 0.2) is 30.6 Å². The van der Waals surface area contributed by atoms with E-state index in [0.717, 1.165) is 5.82 Å². The molecule has 1 N–H and O–H groups in total. The summed E-state index contributed by atoms with van der Waals surface area (Å²) in [6.45, 7) is 0.369. The summed E-state index contributed by atoms with van der Waals surface area (Å²) in [4.78, 5) is 18.0. The van der Waals surface area contributed by atoms with Crippen LogP contribution in [-0.2, 0) is 13.6 Å². The molecule has 0 spiro atoms. The number of carbonyl (C=O) groups is 1. The van der Waals surface area contributed by atoms with Crippen LogP contribution in [0.3, 0.4) is 0 Å². The lowest BCUT2D eigenvalue weighted by Crippen LogP contribution is -2.27. The van der Waals surface area contributed by atoms with Gasteiger partial charge in [-0.25, -0.2) is 4.98 Å². The number of ether oxygens (including phenoxy) is 1. The maximum absolute atomic E-state index is 12.3. The Kier molecular flexibility index (Phi) is 3.93. The second kappa shape index (κ2) is 5.64. The second-order valence-electron chi connectivity index (χ2n) is 4.50. The number of amides is 1. The molecule has 1 amide bonds. The van der Waals surface area contributed by atoms with Gasteiger partial charge in [-0.05, 0) is 12.1 Å². The van der Waals surface area contributed by atoms with E-state index in [0.29, 0.717) is 12.3 Å². The molecule has 1 heterocycles. The number of aromatic nitrogens is 2. The molecule has 0 aliphatic carbocycles. The molecular weight excluding hydrogens is 258 g/mol. The Labute approximate surface area is 117 Å². The summed E-state index contributed by atoms with van der Waals surface area (Å²) in [6.07, 6.45) is 3.50. The van der Waals surface area contributed by atoms with Gasteiger partial charge in [0, 0.05) is 32.6 Å². The number of benzene rings is 1. The first-order chi connectivity index (χ1) is 9.52. The SMILES string of the molecule is COc1ccc(C(=O)N(C)Cc2nccn2C)c(O)c1. The second-order valence-corrected chi connectivity index (χ2v) is 4.50. The molecule has 0 aliphatic rings. The molecular formula is C14H17N3O3. The molecule has 1 aromatic carbocycles. The van der Waals surface area contributed by atoms with Crippen molar-refractivity contribution >= 4 is 5.91 Å². The summed E-state index contributed by atoms with van der Waals surface area (Å²) < 4.78 is 6.84. The Balaban J connectivity index is 2.16. The van der Waals surface area contributed by atoms with Gasteiger partial charge in [-0.1, -0.05) is 0 Å². The zero-order valence-corrected chi connectivity index (χ0v) is 11.7. The van der Waals surface area contributed by atoms with Crippen molar-refractivity contribution in [1.82, 2.24) is 14.5 Å². The molecule has 6 heteroatoms. The van der Waals surface area contributed by atoms with Crippen LogP contribution in [0, 0.1) is 0 Å². The van der Waals surface area contributed by atoms with Gasteiger partial charge in [0.25, 0.3) is 5.91 Å². The van der Waals surface area contributed by atoms with Gasteiger partial charge in [-0.3, -0.25) is 4.79 Å². The highest BCUT2D eigenvalue weighted by molar-refractivity contribution is 5.96. The molecule has 0 saturated carbocycles. The third-order valence-corrected chi connectivity index (χ3v) is 3.08. The van der Waals surface area contributed by atoms with Gasteiger partial charge in [-0.15, -0.1) is 0 Å². The van der Waals surface area contributed by atoms with E-state index in [9.17, 15) is 9.90 Å². The van der Waals surface area contributed by atoms with Crippen molar-refractivity contribution in [3.05, 3.63) is 42.0 Å². The highest BCUT2D eigenvalue weighted by Crippen LogP contribution is 2.24.